The Morgan fingerprint density at radius 2 is 0.600 bits per heavy atom. The molecule has 44 valence electrons. The van der Waals surface area contributed by atoms with Crippen LogP contribution in [0.5, 0.6) is 0 Å². The van der Waals surface area contributed by atoms with Crippen molar-refractivity contribution in [2.24, 2.45) is 0 Å². The predicted molar refractivity (Wildman–Crippen MR) is 2.06 cm³/mol. The van der Waals surface area contributed by atoms with E-state index in [0.717, 1.165) is 0 Å². The van der Waals surface area contributed by atoms with Crippen LogP contribution in [0.25, 0.3) is 0 Å². The normalized spacial score (nSPS) is 0. The second-order valence-electron chi connectivity index (χ2n) is 0. The van der Waals surface area contributed by atoms with Crippen LogP contribution in [0.15, 0.2) is 0 Å². The minimum Gasteiger partial charge on any atom is -2.00 e. The third-order valence-electron chi connectivity index (χ3n) is 0. The molecule has 0 N–H and O–H groups in total. The Kier molecular flexibility index (Phi) is 292. The third kappa shape index (κ3) is 20.5. The first-order chi connectivity index (χ1) is 0. The van der Waals surface area contributed by atoms with Crippen molar-refractivity contribution in [3.05, 3.63) is 0 Å². The average Bonchev–Trinajstić information content (AvgIpc) is 0. The van der Waals surface area contributed by atoms with E-state index in [2.05, 4.69) is 0 Å². The first-order valence-corrected chi connectivity index (χ1v) is 0. The molecular formula is ErO3Yb. The molecule has 3 nitrogen and oxygen atoms in total. The second kappa shape index (κ2) is 30.3. The van der Waals surface area contributed by atoms with Crippen LogP contribution in [0, 0.1) is 84.2 Å². The maximum atomic E-state index is 0. The molecule has 5 heavy (non-hydrogen) atoms. The van der Waals surface area contributed by atoms with Crippen molar-refractivity contribution in [3.63, 3.8) is 0 Å². The summed E-state index contributed by atoms with van der Waals surface area (Å²) in [5.41, 5.74) is 0. The largest absolute Gasteiger partial charge is 3.00 e. The van der Waals surface area contributed by atoms with Crippen molar-refractivity contribution >= 4 is 0 Å². The van der Waals surface area contributed by atoms with Gasteiger partial charge in [-0.15, -0.1) is 0 Å². The van der Waals surface area contributed by atoms with Crippen LogP contribution >= 0.6 is 0 Å². The molecule has 0 heterocycles. The first kappa shape index (κ1) is 48.2. The Bertz CT molecular complexity index is 6.85. The Morgan fingerprint density at radius 3 is 0.600 bits per heavy atom. The van der Waals surface area contributed by atoms with Crippen LogP contribution in [0.4, 0.5) is 0 Å². The molecule has 0 spiro atoms. The van der Waals surface area contributed by atoms with E-state index in [1.54, 1.807) is 0 Å². The van der Waals surface area contributed by atoms with E-state index < -0.39 is 0 Å². The summed E-state index contributed by atoms with van der Waals surface area (Å²) in [6.07, 6.45) is 0. The minimum absolute atomic E-state index is 0. The van der Waals surface area contributed by atoms with Crippen molar-refractivity contribution < 1.29 is 101 Å². The number of rotatable bonds is 0. The zero-order valence-corrected chi connectivity index (χ0v) is 5.35. The maximum Gasteiger partial charge on any atom is 3.00 e. The fraction of sp³-hybridized carbons (Fsp3) is 0. The summed E-state index contributed by atoms with van der Waals surface area (Å²) in [4.78, 5) is 0. The van der Waals surface area contributed by atoms with E-state index in [4.69, 9.17) is 0 Å². The molecule has 0 rings (SSSR count). The zero-order chi connectivity index (χ0) is 0. The van der Waals surface area contributed by atoms with Crippen LogP contribution in [0.3, 0.4) is 0 Å². The maximum absolute atomic E-state index is 0. The van der Waals surface area contributed by atoms with E-state index in [9.17, 15) is 0 Å². The molecular weight excluding hydrogens is 388 g/mol. The monoisotopic (exact) mass is 388 g/mol. The Balaban J connectivity index is 0. The van der Waals surface area contributed by atoms with Gasteiger partial charge < -0.3 is 16.4 Å². The molecule has 0 aromatic carbocycles. The van der Waals surface area contributed by atoms with E-state index in [1.165, 1.54) is 0 Å². The fourth-order valence-corrected chi connectivity index (χ4v) is 0. The Hall–Kier alpha value is 2.65. The van der Waals surface area contributed by atoms with Crippen molar-refractivity contribution in [2.75, 3.05) is 0 Å². The SMILES string of the molecule is [Er+3].[O-2].[O-2].[O-2].[Yb+3]. The standard InChI is InChI=1S/Er.3O.Yb/q+3;3*-2;+3. The van der Waals surface area contributed by atoms with E-state index in [0.29, 0.717) is 0 Å². The molecule has 0 aliphatic rings. The second-order valence-corrected chi connectivity index (χ2v) is 0. The molecule has 0 atom stereocenters. The van der Waals surface area contributed by atoms with Gasteiger partial charge in [-0.2, -0.15) is 0 Å². The predicted octanol–water partition coefficient (Wildman–Crippen LogP) is -0.356. The fourth-order valence-electron chi connectivity index (χ4n) is 0. The number of hydrogen-bond donors (Lipinski definition) is 0. The van der Waals surface area contributed by atoms with Gasteiger partial charge in [-0.3, -0.25) is 0 Å². The molecule has 2 radical (unpaired) electrons. The van der Waals surface area contributed by atoms with Gasteiger partial charge in [0.25, 0.3) is 0 Å². The molecule has 0 aromatic heterocycles. The summed E-state index contributed by atoms with van der Waals surface area (Å²) >= 11 is 0. The van der Waals surface area contributed by atoms with E-state index >= 15 is 0 Å². The van der Waals surface area contributed by atoms with Gasteiger partial charge >= 0.3 is 84.2 Å². The molecule has 0 aliphatic carbocycles. The van der Waals surface area contributed by atoms with Gasteiger partial charge in [0.15, 0.2) is 0 Å². The Morgan fingerprint density at radius 1 is 0.600 bits per heavy atom. The van der Waals surface area contributed by atoms with E-state index in [-0.39, 0.29) is 101 Å². The van der Waals surface area contributed by atoms with Crippen LogP contribution in [-0.2, 0) is 16.4 Å². The topological polar surface area (TPSA) is 85.5 Å². The first-order valence-electron chi connectivity index (χ1n) is 0. The molecule has 5 heteroatoms. The van der Waals surface area contributed by atoms with Gasteiger partial charge in [0.05, 0.1) is 0 Å². The number of hydrogen-bond acceptors (Lipinski definition) is 0. The molecule has 0 aliphatic heterocycles. The molecule has 0 saturated heterocycles. The van der Waals surface area contributed by atoms with E-state index in [1.807, 2.05) is 0 Å². The van der Waals surface area contributed by atoms with Crippen molar-refractivity contribution in [1.29, 1.82) is 0 Å². The Labute approximate surface area is 98.3 Å². The van der Waals surface area contributed by atoms with Gasteiger partial charge in [-0.25, -0.2) is 0 Å². The van der Waals surface area contributed by atoms with Crippen LogP contribution in [-0.4, -0.2) is 0 Å². The summed E-state index contributed by atoms with van der Waals surface area (Å²) in [5.74, 6) is 0. The molecule has 0 fully saturated rings. The summed E-state index contributed by atoms with van der Waals surface area (Å²) < 4.78 is 0. The van der Waals surface area contributed by atoms with Crippen LogP contribution in [0.2, 0.25) is 0 Å². The van der Waals surface area contributed by atoms with Crippen molar-refractivity contribution in [1.82, 2.24) is 0 Å². The van der Waals surface area contributed by atoms with Gasteiger partial charge in [0.1, 0.15) is 0 Å². The molecule has 0 bridgehead atoms. The van der Waals surface area contributed by atoms with Crippen LogP contribution < -0.4 is 0 Å². The minimum atomic E-state index is 0. The molecule has 0 amide bonds. The molecule has 0 aromatic rings. The average molecular weight is 388 g/mol. The van der Waals surface area contributed by atoms with Crippen LogP contribution in [0.1, 0.15) is 0 Å². The summed E-state index contributed by atoms with van der Waals surface area (Å²) in [6, 6.07) is 0. The molecule has 0 saturated carbocycles. The van der Waals surface area contributed by atoms with Gasteiger partial charge in [0.2, 0.25) is 0 Å². The van der Waals surface area contributed by atoms with Gasteiger partial charge in [-0.05, 0) is 0 Å². The quantitative estimate of drug-likeness (QED) is 0.543. The summed E-state index contributed by atoms with van der Waals surface area (Å²) in [6.45, 7) is 0. The zero-order valence-electron chi connectivity index (χ0n) is 1.78. The molecule has 0 unspecified atom stereocenters. The van der Waals surface area contributed by atoms with Gasteiger partial charge in [0, 0.05) is 0 Å². The summed E-state index contributed by atoms with van der Waals surface area (Å²) in [7, 11) is 0. The summed E-state index contributed by atoms with van der Waals surface area (Å²) in [5, 5.41) is 0. The van der Waals surface area contributed by atoms with Gasteiger partial charge in [-0.1, -0.05) is 0 Å². The third-order valence-corrected chi connectivity index (χ3v) is 0. The smallest absolute Gasteiger partial charge is 2.00 e. The van der Waals surface area contributed by atoms with Crippen molar-refractivity contribution in [2.45, 2.75) is 0 Å². The van der Waals surface area contributed by atoms with Crippen molar-refractivity contribution in [3.8, 4) is 0 Å².